The highest BCUT2D eigenvalue weighted by Gasteiger charge is 2.19. The fraction of sp³-hybridized carbons (Fsp3) is 0.125. The molecule has 34 heavy (non-hydrogen) atoms. The monoisotopic (exact) mass is 496 g/mol. The predicted molar refractivity (Wildman–Crippen MR) is 132 cm³/mol. The van der Waals surface area contributed by atoms with Crippen molar-refractivity contribution in [1.82, 2.24) is 5.43 Å². The second-order valence-electron chi connectivity index (χ2n) is 7.12. The molecule has 0 saturated carbocycles. The molecule has 0 saturated heterocycles. The normalized spacial score (nSPS) is 11.1. The zero-order valence-electron chi connectivity index (χ0n) is 18.2. The van der Waals surface area contributed by atoms with Gasteiger partial charge in [0.05, 0.1) is 24.7 Å². The van der Waals surface area contributed by atoms with Gasteiger partial charge in [-0.3, -0.25) is 9.10 Å². The summed E-state index contributed by atoms with van der Waals surface area (Å²) in [4.78, 5) is 12.4. The number of carbonyl (C=O) groups is 1. The van der Waals surface area contributed by atoms with Crippen molar-refractivity contribution in [2.24, 2.45) is 5.10 Å². The topological polar surface area (TPSA) is 112 Å². The van der Waals surface area contributed by atoms with Gasteiger partial charge in [0, 0.05) is 10.6 Å². The van der Waals surface area contributed by atoms with Crippen LogP contribution in [0, 0.1) is 11.3 Å². The molecule has 1 N–H and O–H groups in total. The molecule has 0 spiro atoms. The molecule has 1 amide bonds. The number of nitrogens with one attached hydrogen (secondary N) is 1. The van der Waals surface area contributed by atoms with E-state index in [0.717, 1.165) is 11.8 Å². The van der Waals surface area contributed by atoms with Crippen molar-refractivity contribution in [2.45, 2.75) is 6.54 Å². The molecular weight excluding hydrogens is 476 g/mol. The second-order valence-corrected chi connectivity index (χ2v) is 9.44. The maximum absolute atomic E-state index is 12.4. The SMILES string of the molecule is CS(=O)(=O)N(Cc1ccccc1Cl)c1ccc(C(=O)N/N=C\c2ccc(OCC#N)cc2)cc1. The van der Waals surface area contributed by atoms with E-state index < -0.39 is 15.9 Å². The number of nitriles is 1. The minimum Gasteiger partial charge on any atom is -0.479 e. The molecule has 174 valence electrons. The predicted octanol–water partition coefficient (Wildman–Crippen LogP) is 3.97. The molecule has 10 heteroatoms. The first kappa shape index (κ1) is 24.8. The molecule has 3 rings (SSSR count). The molecule has 0 aliphatic rings. The van der Waals surface area contributed by atoms with E-state index in [2.05, 4.69) is 10.5 Å². The van der Waals surface area contributed by atoms with E-state index in [1.54, 1.807) is 60.7 Å². The van der Waals surface area contributed by atoms with E-state index in [4.69, 9.17) is 21.6 Å². The van der Waals surface area contributed by atoms with E-state index in [1.807, 2.05) is 6.07 Å². The third-order valence-electron chi connectivity index (χ3n) is 4.65. The molecule has 0 unspecified atom stereocenters. The number of ether oxygens (including phenoxy) is 1. The first-order valence-electron chi connectivity index (χ1n) is 10.0. The number of amides is 1. The van der Waals surface area contributed by atoms with Crippen LogP contribution in [0.25, 0.3) is 0 Å². The molecular formula is C24H21ClN4O4S. The molecule has 8 nitrogen and oxygen atoms in total. The van der Waals surface area contributed by atoms with Gasteiger partial charge in [-0.2, -0.15) is 10.4 Å². The number of hydrogen-bond donors (Lipinski definition) is 1. The highest BCUT2D eigenvalue weighted by molar-refractivity contribution is 7.92. The molecule has 3 aromatic rings. The van der Waals surface area contributed by atoms with Gasteiger partial charge in [-0.1, -0.05) is 29.8 Å². The lowest BCUT2D eigenvalue weighted by atomic mass is 10.2. The number of carbonyl (C=O) groups excluding carboxylic acids is 1. The Morgan fingerprint density at radius 3 is 2.41 bits per heavy atom. The van der Waals surface area contributed by atoms with Crippen LogP contribution in [0.1, 0.15) is 21.5 Å². The van der Waals surface area contributed by atoms with Crippen LogP contribution >= 0.6 is 11.6 Å². The second kappa shape index (κ2) is 11.3. The van der Waals surface area contributed by atoms with Crippen LogP contribution < -0.4 is 14.5 Å². The summed E-state index contributed by atoms with van der Waals surface area (Å²) >= 11 is 6.19. The fourth-order valence-electron chi connectivity index (χ4n) is 2.96. The van der Waals surface area contributed by atoms with Crippen LogP contribution in [0.5, 0.6) is 5.75 Å². The fourth-order valence-corrected chi connectivity index (χ4v) is 4.03. The maximum atomic E-state index is 12.4. The van der Waals surface area contributed by atoms with Gasteiger partial charge in [-0.05, 0) is 65.7 Å². The summed E-state index contributed by atoms with van der Waals surface area (Å²) in [5, 5.41) is 12.9. The van der Waals surface area contributed by atoms with Crippen LogP contribution in [0.3, 0.4) is 0 Å². The third kappa shape index (κ3) is 6.81. The van der Waals surface area contributed by atoms with Crippen molar-refractivity contribution in [2.75, 3.05) is 17.2 Å². The number of rotatable bonds is 9. The first-order valence-corrected chi connectivity index (χ1v) is 12.2. The van der Waals surface area contributed by atoms with Gasteiger partial charge < -0.3 is 4.74 Å². The van der Waals surface area contributed by atoms with Gasteiger partial charge in [-0.15, -0.1) is 0 Å². The standard InChI is InChI=1S/C24H21ClN4O4S/c1-34(31,32)29(17-20-4-2-3-5-23(20)25)21-10-8-19(9-11-21)24(30)28-27-16-18-6-12-22(13-7-18)33-15-14-26/h2-13,16H,15,17H2,1H3,(H,28,30)/b27-16-. The maximum Gasteiger partial charge on any atom is 0.271 e. The Labute approximate surface area is 203 Å². The average molecular weight is 497 g/mol. The van der Waals surface area contributed by atoms with E-state index in [0.29, 0.717) is 27.6 Å². The Morgan fingerprint density at radius 2 is 1.79 bits per heavy atom. The lowest BCUT2D eigenvalue weighted by molar-refractivity contribution is 0.0955. The summed E-state index contributed by atoms with van der Waals surface area (Å²) in [5.74, 6) is 0.106. The minimum atomic E-state index is -3.59. The molecule has 0 aromatic heterocycles. The molecule has 0 aliphatic heterocycles. The van der Waals surface area contributed by atoms with Crippen molar-refractivity contribution in [3.8, 4) is 11.8 Å². The number of anilines is 1. The lowest BCUT2D eigenvalue weighted by Crippen LogP contribution is -2.29. The van der Waals surface area contributed by atoms with Crippen LogP contribution in [-0.4, -0.2) is 33.4 Å². The molecule has 0 atom stereocenters. The number of benzene rings is 3. The molecule has 0 bridgehead atoms. The van der Waals surface area contributed by atoms with Gasteiger partial charge in [-0.25, -0.2) is 13.8 Å². The summed E-state index contributed by atoms with van der Waals surface area (Å²) in [5.41, 5.74) is 4.53. The quantitative estimate of drug-likeness (QED) is 0.356. The van der Waals surface area contributed by atoms with Crippen LogP contribution in [-0.2, 0) is 16.6 Å². The highest BCUT2D eigenvalue weighted by Crippen LogP contribution is 2.24. The van der Waals surface area contributed by atoms with Gasteiger partial charge in [0.15, 0.2) is 6.61 Å². The number of hydrazone groups is 1. The van der Waals surface area contributed by atoms with E-state index in [1.165, 1.54) is 22.7 Å². The summed E-state index contributed by atoms with van der Waals surface area (Å²) in [6, 6.07) is 21.9. The Morgan fingerprint density at radius 1 is 1.12 bits per heavy atom. The Hall–Kier alpha value is -3.87. The Bertz CT molecular complexity index is 1320. The van der Waals surface area contributed by atoms with Crippen molar-refractivity contribution in [3.63, 3.8) is 0 Å². The number of hydrogen-bond acceptors (Lipinski definition) is 6. The molecule has 0 fully saturated rings. The molecule has 0 radical (unpaired) electrons. The third-order valence-corrected chi connectivity index (χ3v) is 6.16. The van der Waals surface area contributed by atoms with E-state index in [9.17, 15) is 13.2 Å². The van der Waals surface area contributed by atoms with Crippen molar-refractivity contribution in [3.05, 3.63) is 94.5 Å². The van der Waals surface area contributed by atoms with Gasteiger partial charge in [0.1, 0.15) is 11.8 Å². The smallest absolute Gasteiger partial charge is 0.271 e. The minimum absolute atomic E-state index is 0.0375. The van der Waals surface area contributed by atoms with Crippen LogP contribution in [0.2, 0.25) is 5.02 Å². The number of nitrogens with zero attached hydrogens (tertiary/aromatic N) is 3. The zero-order valence-corrected chi connectivity index (χ0v) is 19.8. The van der Waals surface area contributed by atoms with Crippen LogP contribution in [0.15, 0.2) is 77.9 Å². The number of sulfonamides is 1. The molecule has 0 heterocycles. The Balaban J connectivity index is 1.66. The molecule has 0 aliphatic carbocycles. The van der Waals surface area contributed by atoms with Crippen molar-refractivity contribution < 1.29 is 17.9 Å². The Kier molecular flexibility index (Phi) is 8.24. The van der Waals surface area contributed by atoms with Crippen molar-refractivity contribution >= 4 is 39.4 Å². The summed E-state index contributed by atoms with van der Waals surface area (Å²) in [7, 11) is -3.59. The van der Waals surface area contributed by atoms with Gasteiger partial charge in [0.2, 0.25) is 10.0 Å². The zero-order chi connectivity index (χ0) is 24.6. The summed E-state index contributed by atoms with van der Waals surface area (Å²) < 4.78 is 31.1. The molecule has 3 aromatic carbocycles. The first-order chi connectivity index (χ1) is 16.3. The van der Waals surface area contributed by atoms with E-state index >= 15 is 0 Å². The largest absolute Gasteiger partial charge is 0.479 e. The van der Waals surface area contributed by atoms with Crippen molar-refractivity contribution in [1.29, 1.82) is 5.26 Å². The lowest BCUT2D eigenvalue weighted by Gasteiger charge is -2.23. The van der Waals surface area contributed by atoms with Gasteiger partial charge >= 0.3 is 0 Å². The van der Waals surface area contributed by atoms with Gasteiger partial charge in [0.25, 0.3) is 5.91 Å². The average Bonchev–Trinajstić information content (AvgIpc) is 2.82. The summed E-state index contributed by atoms with van der Waals surface area (Å²) in [6.07, 6.45) is 2.58. The highest BCUT2D eigenvalue weighted by atomic mass is 35.5. The van der Waals surface area contributed by atoms with Crippen LogP contribution in [0.4, 0.5) is 5.69 Å². The summed E-state index contributed by atoms with van der Waals surface area (Å²) in [6.45, 7) is 0.0267. The number of halogens is 1. The van der Waals surface area contributed by atoms with E-state index in [-0.39, 0.29) is 13.2 Å².